The summed E-state index contributed by atoms with van der Waals surface area (Å²) in [4.78, 5) is 12.1. The van der Waals surface area contributed by atoms with E-state index in [1.807, 2.05) is 49.4 Å². The zero-order valence-corrected chi connectivity index (χ0v) is 15.5. The lowest BCUT2D eigenvalue weighted by Gasteiger charge is -2.11. The molecule has 0 aliphatic carbocycles. The molecule has 0 bridgehead atoms. The third-order valence-electron chi connectivity index (χ3n) is 3.42. The Kier molecular flexibility index (Phi) is 7.47. The lowest BCUT2D eigenvalue weighted by atomic mass is 10.2. The quantitative estimate of drug-likeness (QED) is 0.689. The number of nitrogens with one attached hydrogen (secondary N) is 1. The van der Waals surface area contributed by atoms with Gasteiger partial charge < -0.3 is 19.5 Å². The van der Waals surface area contributed by atoms with Crippen LogP contribution < -0.4 is 19.5 Å². The standard InChI is InChI=1S/C19H23NO4S/c1-14-4-9-18(23-3)17(12-14)20-19(21)13-25-11-10-24-16-7-5-15(22-2)6-8-16/h4-9,12H,10-11,13H2,1-3H3,(H,20,21). The van der Waals surface area contributed by atoms with Gasteiger partial charge in [0.1, 0.15) is 17.2 Å². The SMILES string of the molecule is COc1ccc(OCCSCC(=O)Nc2cc(C)ccc2OC)cc1. The second kappa shape index (κ2) is 9.84. The molecule has 0 radical (unpaired) electrons. The third-order valence-corrected chi connectivity index (χ3v) is 4.34. The van der Waals surface area contributed by atoms with E-state index in [1.54, 1.807) is 14.2 Å². The van der Waals surface area contributed by atoms with Crippen molar-refractivity contribution in [3.8, 4) is 17.2 Å². The molecule has 0 fully saturated rings. The molecule has 25 heavy (non-hydrogen) atoms. The van der Waals surface area contributed by atoms with Crippen molar-refractivity contribution in [1.82, 2.24) is 0 Å². The zero-order valence-electron chi connectivity index (χ0n) is 14.7. The fraction of sp³-hybridized carbons (Fsp3) is 0.316. The van der Waals surface area contributed by atoms with Gasteiger partial charge in [0.25, 0.3) is 0 Å². The first kappa shape index (κ1) is 19.0. The van der Waals surface area contributed by atoms with Crippen molar-refractivity contribution in [3.05, 3.63) is 48.0 Å². The average molecular weight is 361 g/mol. The molecule has 0 aliphatic rings. The molecule has 0 unspecified atom stereocenters. The molecule has 5 nitrogen and oxygen atoms in total. The Hall–Kier alpha value is -2.34. The Balaban J connectivity index is 1.69. The van der Waals surface area contributed by atoms with Gasteiger partial charge in [0.15, 0.2) is 0 Å². The molecule has 0 saturated heterocycles. The summed E-state index contributed by atoms with van der Waals surface area (Å²) in [5.74, 6) is 3.28. The minimum Gasteiger partial charge on any atom is -0.497 e. The van der Waals surface area contributed by atoms with Crippen LogP contribution in [0.4, 0.5) is 5.69 Å². The molecule has 2 aromatic carbocycles. The molecular formula is C19H23NO4S. The van der Waals surface area contributed by atoms with E-state index >= 15 is 0 Å². The van der Waals surface area contributed by atoms with Crippen LogP contribution in [-0.2, 0) is 4.79 Å². The molecule has 0 saturated carbocycles. The molecule has 0 spiro atoms. The summed E-state index contributed by atoms with van der Waals surface area (Å²) in [6.07, 6.45) is 0. The summed E-state index contributed by atoms with van der Waals surface area (Å²) >= 11 is 1.52. The maximum Gasteiger partial charge on any atom is 0.234 e. The minimum atomic E-state index is -0.0571. The fourth-order valence-electron chi connectivity index (χ4n) is 2.16. The highest BCUT2D eigenvalue weighted by molar-refractivity contribution is 7.99. The average Bonchev–Trinajstić information content (AvgIpc) is 2.62. The molecule has 0 aliphatic heterocycles. The number of hydrogen-bond acceptors (Lipinski definition) is 5. The fourth-order valence-corrected chi connectivity index (χ4v) is 2.76. The number of carbonyl (C=O) groups excluding carboxylic acids is 1. The Morgan fingerprint density at radius 1 is 1.04 bits per heavy atom. The molecule has 0 heterocycles. The van der Waals surface area contributed by atoms with Crippen molar-refractivity contribution in [2.75, 3.05) is 37.6 Å². The first-order valence-electron chi connectivity index (χ1n) is 7.91. The summed E-state index contributed by atoms with van der Waals surface area (Å²) < 4.78 is 16.0. The van der Waals surface area contributed by atoms with Gasteiger partial charge in [-0.05, 0) is 48.9 Å². The smallest absolute Gasteiger partial charge is 0.234 e. The first-order valence-corrected chi connectivity index (χ1v) is 9.07. The highest BCUT2D eigenvalue weighted by Crippen LogP contribution is 2.25. The second-order valence-corrected chi connectivity index (χ2v) is 6.43. The molecule has 0 aromatic heterocycles. The Labute approximate surface area is 152 Å². The maximum atomic E-state index is 12.1. The topological polar surface area (TPSA) is 56.8 Å². The largest absolute Gasteiger partial charge is 0.497 e. The van der Waals surface area contributed by atoms with Gasteiger partial charge in [0.2, 0.25) is 5.91 Å². The number of hydrogen-bond donors (Lipinski definition) is 1. The van der Waals surface area contributed by atoms with Crippen molar-refractivity contribution in [3.63, 3.8) is 0 Å². The van der Waals surface area contributed by atoms with E-state index in [0.29, 0.717) is 23.8 Å². The van der Waals surface area contributed by atoms with E-state index in [4.69, 9.17) is 14.2 Å². The van der Waals surface area contributed by atoms with Gasteiger partial charge in [-0.1, -0.05) is 6.07 Å². The van der Waals surface area contributed by atoms with E-state index < -0.39 is 0 Å². The molecular weight excluding hydrogens is 338 g/mol. The van der Waals surface area contributed by atoms with Gasteiger partial charge in [0, 0.05) is 5.75 Å². The normalized spacial score (nSPS) is 10.2. The monoisotopic (exact) mass is 361 g/mol. The maximum absolute atomic E-state index is 12.1. The number of rotatable bonds is 9. The summed E-state index contributed by atoms with van der Waals surface area (Å²) in [6.45, 7) is 2.51. The molecule has 2 rings (SSSR count). The minimum absolute atomic E-state index is 0.0571. The van der Waals surface area contributed by atoms with Crippen LogP contribution in [0.5, 0.6) is 17.2 Å². The molecule has 6 heteroatoms. The summed E-state index contributed by atoms with van der Waals surface area (Å²) in [5.41, 5.74) is 1.76. The third kappa shape index (κ3) is 6.23. The second-order valence-electron chi connectivity index (χ2n) is 5.33. The molecule has 0 atom stereocenters. The van der Waals surface area contributed by atoms with Gasteiger partial charge in [-0.25, -0.2) is 0 Å². The summed E-state index contributed by atoms with van der Waals surface area (Å²) in [5, 5.41) is 2.88. The van der Waals surface area contributed by atoms with Crippen molar-refractivity contribution in [2.24, 2.45) is 0 Å². The number of carbonyl (C=O) groups is 1. The van der Waals surface area contributed by atoms with Crippen molar-refractivity contribution < 1.29 is 19.0 Å². The van der Waals surface area contributed by atoms with E-state index in [-0.39, 0.29) is 5.91 Å². The number of anilines is 1. The summed E-state index contributed by atoms with van der Waals surface area (Å²) in [6, 6.07) is 13.1. The van der Waals surface area contributed by atoms with Gasteiger partial charge in [-0.2, -0.15) is 0 Å². The van der Waals surface area contributed by atoms with Crippen molar-refractivity contribution in [1.29, 1.82) is 0 Å². The van der Waals surface area contributed by atoms with E-state index in [1.165, 1.54) is 11.8 Å². The van der Waals surface area contributed by atoms with Crippen LogP contribution in [-0.4, -0.2) is 38.2 Å². The van der Waals surface area contributed by atoms with Crippen LogP contribution in [0, 0.1) is 6.92 Å². The molecule has 1 N–H and O–H groups in total. The van der Waals surface area contributed by atoms with Gasteiger partial charge >= 0.3 is 0 Å². The van der Waals surface area contributed by atoms with Crippen LogP contribution in [0.3, 0.4) is 0 Å². The Morgan fingerprint density at radius 3 is 2.44 bits per heavy atom. The number of amides is 1. The van der Waals surface area contributed by atoms with Crippen LogP contribution in [0.1, 0.15) is 5.56 Å². The van der Waals surface area contributed by atoms with Gasteiger partial charge in [0.05, 0.1) is 32.3 Å². The van der Waals surface area contributed by atoms with Crippen LogP contribution in [0.25, 0.3) is 0 Å². The molecule has 2 aromatic rings. The van der Waals surface area contributed by atoms with E-state index in [2.05, 4.69) is 5.32 Å². The highest BCUT2D eigenvalue weighted by atomic mass is 32.2. The lowest BCUT2D eigenvalue weighted by Crippen LogP contribution is -2.15. The number of thioether (sulfide) groups is 1. The highest BCUT2D eigenvalue weighted by Gasteiger charge is 2.08. The van der Waals surface area contributed by atoms with E-state index in [9.17, 15) is 4.79 Å². The van der Waals surface area contributed by atoms with Crippen molar-refractivity contribution >= 4 is 23.4 Å². The molecule has 1 amide bonds. The van der Waals surface area contributed by atoms with Crippen LogP contribution in [0.15, 0.2) is 42.5 Å². The summed E-state index contributed by atoms with van der Waals surface area (Å²) in [7, 11) is 3.22. The molecule has 134 valence electrons. The van der Waals surface area contributed by atoms with E-state index in [0.717, 1.165) is 22.8 Å². The Morgan fingerprint density at radius 2 is 1.76 bits per heavy atom. The predicted molar refractivity (Wildman–Crippen MR) is 102 cm³/mol. The lowest BCUT2D eigenvalue weighted by molar-refractivity contribution is -0.113. The number of ether oxygens (including phenoxy) is 3. The number of benzene rings is 2. The predicted octanol–water partition coefficient (Wildman–Crippen LogP) is 3.76. The van der Waals surface area contributed by atoms with Gasteiger partial charge in [-0.15, -0.1) is 11.8 Å². The van der Waals surface area contributed by atoms with Crippen LogP contribution >= 0.6 is 11.8 Å². The van der Waals surface area contributed by atoms with Crippen molar-refractivity contribution in [2.45, 2.75) is 6.92 Å². The number of methoxy groups -OCH3 is 2. The zero-order chi connectivity index (χ0) is 18.1. The Bertz CT molecular complexity index is 688. The van der Waals surface area contributed by atoms with Gasteiger partial charge in [-0.3, -0.25) is 4.79 Å². The van der Waals surface area contributed by atoms with Crippen LogP contribution in [0.2, 0.25) is 0 Å². The first-order chi connectivity index (χ1) is 12.1. The number of aryl methyl sites for hydroxylation is 1.